The van der Waals surface area contributed by atoms with Gasteiger partial charge in [-0.1, -0.05) is 55.8 Å². The van der Waals surface area contributed by atoms with Crippen molar-refractivity contribution < 1.29 is 29.4 Å². The number of hydrogen-bond donors (Lipinski definition) is 2. The number of aromatic carboxylic acids is 1. The number of carboxylic acids is 2. The van der Waals surface area contributed by atoms with Crippen LogP contribution >= 0.6 is 0 Å². The van der Waals surface area contributed by atoms with Gasteiger partial charge in [0.05, 0.1) is 5.56 Å². The number of carboxylic acid groups (broad SMARTS) is 2. The molecule has 3 aromatic rings. The van der Waals surface area contributed by atoms with Crippen LogP contribution in [0.3, 0.4) is 0 Å². The summed E-state index contributed by atoms with van der Waals surface area (Å²) in [5.41, 5.74) is 1.67. The van der Waals surface area contributed by atoms with Crippen molar-refractivity contribution in [3.8, 4) is 11.1 Å². The highest BCUT2D eigenvalue weighted by Crippen LogP contribution is 2.29. The van der Waals surface area contributed by atoms with Crippen LogP contribution in [-0.4, -0.2) is 43.3 Å². The molecule has 1 aromatic heterocycles. The minimum Gasteiger partial charge on any atom is -0.478 e. The number of aliphatic carboxylic acids is 1. The van der Waals surface area contributed by atoms with Crippen molar-refractivity contribution in [2.24, 2.45) is 0 Å². The number of benzene rings is 2. The van der Waals surface area contributed by atoms with E-state index in [1.807, 2.05) is 19.1 Å². The van der Waals surface area contributed by atoms with E-state index in [9.17, 15) is 29.4 Å². The summed E-state index contributed by atoms with van der Waals surface area (Å²) in [7, 11) is 0. The number of aromatic nitrogens is 2. The largest absolute Gasteiger partial charge is 0.478 e. The summed E-state index contributed by atoms with van der Waals surface area (Å²) >= 11 is 0. The van der Waals surface area contributed by atoms with E-state index in [1.54, 1.807) is 41.0 Å². The van der Waals surface area contributed by atoms with Crippen molar-refractivity contribution in [3.63, 3.8) is 0 Å². The standard InChI is InChI=1S/C27H24N2O6/c1-3-4-9-20-28-22-23(25(31)21(27(34)35)15(2)24(22)30)29(20)14-16-10-12-17(13-11-16)18-7-5-6-8-19(18)26(32)33/h5-8,10-13H,3-4,9,14H2,1-2H3,(H,32,33)(H,34,35). The lowest BCUT2D eigenvalue weighted by atomic mass is 9.91. The fourth-order valence-electron chi connectivity index (χ4n) is 4.31. The highest BCUT2D eigenvalue weighted by atomic mass is 16.4. The van der Waals surface area contributed by atoms with E-state index in [0.29, 0.717) is 17.8 Å². The smallest absolute Gasteiger partial charge is 0.340 e. The number of imidazole rings is 1. The molecular weight excluding hydrogens is 448 g/mol. The predicted octanol–water partition coefficient (Wildman–Crippen LogP) is 4.42. The monoisotopic (exact) mass is 472 g/mol. The summed E-state index contributed by atoms with van der Waals surface area (Å²) in [5.74, 6) is -3.16. The van der Waals surface area contributed by atoms with E-state index in [-0.39, 0.29) is 29.1 Å². The van der Waals surface area contributed by atoms with Crippen molar-refractivity contribution in [1.82, 2.24) is 9.55 Å². The summed E-state index contributed by atoms with van der Waals surface area (Å²) in [5, 5.41) is 19.0. The van der Waals surface area contributed by atoms with Crippen LogP contribution in [0.25, 0.3) is 11.1 Å². The number of carbonyl (C=O) groups excluding carboxylic acids is 2. The maximum Gasteiger partial charge on any atom is 0.340 e. The van der Waals surface area contributed by atoms with E-state index in [0.717, 1.165) is 24.0 Å². The molecule has 0 saturated heterocycles. The Morgan fingerprint density at radius 2 is 1.63 bits per heavy atom. The minimum absolute atomic E-state index is 0.00407. The summed E-state index contributed by atoms with van der Waals surface area (Å²) in [6, 6.07) is 13.9. The number of aryl methyl sites for hydroxylation is 1. The molecule has 8 nitrogen and oxygen atoms in total. The third kappa shape index (κ3) is 4.30. The van der Waals surface area contributed by atoms with Crippen molar-refractivity contribution in [1.29, 1.82) is 0 Å². The van der Waals surface area contributed by atoms with Gasteiger partial charge in [-0.25, -0.2) is 14.6 Å². The molecule has 35 heavy (non-hydrogen) atoms. The molecule has 0 atom stereocenters. The molecule has 1 aliphatic carbocycles. The number of unbranched alkanes of at least 4 members (excludes halogenated alkanes) is 1. The number of hydrogen-bond acceptors (Lipinski definition) is 5. The molecule has 0 radical (unpaired) electrons. The number of allylic oxidation sites excluding steroid dienone is 1. The van der Waals surface area contributed by atoms with Crippen LogP contribution in [0.5, 0.6) is 0 Å². The topological polar surface area (TPSA) is 127 Å². The second kappa shape index (κ2) is 9.50. The van der Waals surface area contributed by atoms with Gasteiger partial charge in [-0.15, -0.1) is 0 Å². The van der Waals surface area contributed by atoms with Crippen LogP contribution in [0.4, 0.5) is 0 Å². The van der Waals surface area contributed by atoms with Crippen molar-refractivity contribution >= 4 is 23.5 Å². The first kappa shape index (κ1) is 23.8. The number of rotatable bonds is 8. The fraction of sp³-hybridized carbons (Fsp3) is 0.222. The van der Waals surface area contributed by atoms with E-state index in [2.05, 4.69) is 4.98 Å². The highest BCUT2D eigenvalue weighted by Gasteiger charge is 2.38. The van der Waals surface area contributed by atoms with Gasteiger partial charge in [0.15, 0.2) is 0 Å². The molecule has 2 aromatic carbocycles. The molecule has 0 bridgehead atoms. The first-order valence-electron chi connectivity index (χ1n) is 11.3. The van der Waals surface area contributed by atoms with Gasteiger partial charge in [-0.05, 0) is 36.1 Å². The number of nitrogens with zero attached hydrogens (tertiary/aromatic N) is 2. The lowest BCUT2D eigenvalue weighted by Crippen LogP contribution is -2.27. The van der Waals surface area contributed by atoms with Crippen molar-refractivity contribution in [2.75, 3.05) is 0 Å². The second-order valence-electron chi connectivity index (χ2n) is 8.43. The second-order valence-corrected chi connectivity index (χ2v) is 8.43. The molecular formula is C27H24N2O6. The Hall–Kier alpha value is -4.33. The normalized spacial score (nSPS) is 13.2. The summed E-state index contributed by atoms with van der Waals surface area (Å²) in [6.07, 6.45) is 2.21. The summed E-state index contributed by atoms with van der Waals surface area (Å²) in [4.78, 5) is 53.8. The first-order chi connectivity index (χ1) is 16.7. The minimum atomic E-state index is -1.43. The predicted molar refractivity (Wildman–Crippen MR) is 128 cm³/mol. The van der Waals surface area contributed by atoms with Crippen molar-refractivity contribution in [2.45, 2.75) is 39.7 Å². The summed E-state index contributed by atoms with van der Waals surface area (Å²) < 4.78 is 1.64. The average Bonchev–Trinajstić information content (AvgIpc) is 3.20. The van der Waals surface area contributed by atoms with Crippen LogP contribution in [0, 0.1) is 0 Å². The Balaban J connectivity index is 1.75. The molecule has 2 N–H and O–H groups in total. The van der Waals surface area contributed by atoms with E-state index in [1.165, 1.54) is 6.92 Å². The zero-order valence-electron chi connectivity index (χ0n) is 19.4. The van der Waals surface area contributed by atoms with Gasteiger partial charge in [0, 0.05) is 18.5 Å². The maximum absolute atomic E-state index is 13.1. The summed E-state index contributed by atoms with van der Waals surface area (Å²) in [6.45, 7) is 3.57. The van der Waals surface area contributed by atoms with Crippen molar-refractivity contribution in [3.05, 3.63) is 88.0 Å². The molecule has 0 amide bonds. The lowest BCUT2D eigenvalue weighted by Gasteiger charge is -2.16. The van der Waals surface area contributed by atoms with Crippen LogP contribution in [0.2, 0.25) is 0 Å². The van der Waals surface area contributed by atoms with Crippen LogP contribution in [0.15, 0.2) is 59.7 Å². The molecule has 0 aliphatic heterocycles. The highest BCUT2D eigenvalue weighted by molar-refractivity contribution is 6.34. The van der Waals surface area contributed by atoms with Crippen LogP contribution in [0.1, 0.15) is 69.4 Å². The Morgan fingerprint density at radius 1 is 0.943 bits per heavy atom. The van der Waals surface area contributed by atoms with Crippen LogP contribution in [-0.2, 0) is 17.8 Å². The molecule has 0 fully saturated rings. The molecule has 0 unspecified atom stereocenters. The molecule has 178 valence electrons. The van der Waals surface area contributed by atoms with E-state index >= 15 is 0 Å². The molecule has 1 heterocycles. The number of fused-ring (bicyclic) bond motifs is 1. The molecule has 1 aliphatic rings. The van der Waals surface area contributed by atoms with Gasteiger partial charge in [0.25, 0.3) is 0 Å². The SMILES string of the molecule is CCCCc1nc2c(n1Cc1ccc(-c3ccccc3C(=O)O)cc1)C(=O)C(C(=O)O)=C(C)C2=O. The third-order valence-electron chi connectivity index (χ3n) is 6.15. The number of carbonyl (C=O) groups is 4. The van der Waals surface area contributed by atoms with E-state index in [4.69, 9.17) is 0 Å². The fourth-order valence-corrected chi connectivity index (χ4v) is 4.31. The molecule has 4 rings (SSSR count). The third-order valence-corrected chi connectivity index (χ3v) is 6.15. The van der Waals surface area contributed by atoms with Gasteiger partial charge in [-0.3, -0.25) is 9.59 Å². The zero-order valence-corrected chi connectivity index (χ0v) is 19.4. The van der Waals surface area contributed by atoms with Gasteiger partial charge in [-0.2, -0.15) is 0 Å². The Morgan fingerprint density at radius 3 is 2.26 bits per heavy atom. The maximum atomic E-state index is 13.1. The van der Waals surface area contributed by atoms with Gasteiger partial charge in [0.1, 0.15) is 22.8 Å². The van der Waals surface area contributed by atoms with Gasteiger partial charge < -0.3 is 14.8 Å². The number of Topliss-reactive ketones (excluding diaryl/α,β-unsaturated/α-hetero) is 2. The first-order valence-corrected chi connectivity index (χ1v) is 11.3. The Kier molecular flexibility index (Phi) is 6.46. The van der Waals surface area contributed by atoms with Gasteiger partial charge >= 0.3 is 11.9 Å². The Labute approximate surface area is 201 Å². The molecule has 0 spiro atoms. The number of ketones is 2. The quantitative estimate of drug-likeness (QED) is 0.465. The molecule has 0 saturated carbocycles. The molecule has 8 heteroatoms. The average molecular weight is 472 g/mol. The zero-order chi connectivity index (χ0) is 25.3. The van der Waals surface area contributed by atoms with E-state index < -0.39 is 29.1 Å². The Bertz CT molecular complexity index is 1400. The lowest BCUT2D eigenvalue weighted by molar-refractivity contribution is -0.132. The van der Waals surface area contributed by atoms with Gasteiger partial charge in [0.2, 0.25) is 11.6 Å². The van der Waals surface area contributed by atoms with Crippen LogP contribution < -0.4 is 0 Å².